The molecule has 3 heterocycles. The van der Waals surface area contributed by atoms with E-state index in [4.69, 9.17) is 42.6 Å². The first-order valence-corrected chi connectivity index (χ1v) is 14.8. The molecule has 1 N–H and O–H groups in total. The molecular formula is C24H43NO13S. The van der Waals surface area contributed by atoms with Crippen LogP contribution in [0.2, 0.25) is 0 Å². The molecule has 0 radical (unpaired) electrons. The van der Waals surface area contributed by atoms with Gasteiger partial charge in [0.1, 0.15) is 29.5 Å². The summed E-state index contributed by atoms with van der Waals surface area (Å²) in [6, 6.07) is -0.614. The lowest BCUT2D eigenvalue weighted by molar-refractivity contribution is -0.213. The van der Waals surface area contributed by atoms with Crippen molar-refractivity contribution in [3.05, 3.63) is 0 Å². The minimum Gasteiger partial charge on any atom is -0.444 e. The van der Waals surface area contributed by atoms with Crippen LogP contribution >= 0.6 is 0 Å². The third-order valence-electron chi connectivity index (χ3n) is 5.81. The van der Waals surface area contributed by atoms with Gasteiger partial charge in [0.25, 0.3) is 10.1 Å². The molecule has 14 nitrogen and oxygen atoms in total. The summed E-state index contributed by atoms with van der Waals surface area (Å²) in [5.74, 6) is -0.873. The van der Waals surface area contributed by atoms with E-state index in [1.165, 1.54) is 0 Å². The molecule has 0 aliphatic carbocycles. The Labute approximate surface area is 230 Å². The molecule has 3 aliphatic rings. The predicted molar refractivity (Wildman–Crippen MR) is 135 cm³/mol. The summed E-state index contributed by atoms with van der Waals surface area (Å²) < 4.78 is 78.1. The summed E-state index contributed by atoms with van der Waals surface area (Å²) in [7, 11) is -3.45. The zero-order chi connectivity index (χ0) is 28.7. The van der Waals surface area contributed by atoms with Gasteiger partial charge in [-0.2, -0.15) is 8.42 Å². The Balaban J connectivity index is 1.33. The lowest BCUT2D eigenvalue weighted by atomic mass is 9.88. The molecule has 0 aromatic heterocycles. The van der Waals surface area contributed by atoms with Crippen LogP contribution in [0.1, 0.15) is 34.6 Å². The van der Waals surface area contributed by atoms with Crippen molar-refractivity contribution in [2.75, 3.05) is 72.3 Å². The highest BCUT2D eigenvalue weighted by Crippen LogP contribution is 2.46. The number of nitrogens with one attached hydrogen (secondary N) is 1. The molecule has 3 fully saturated rings. The lowest BCUT2D eigenvalue weighted by Crippen LogP contribution is -2.65. The largest absolute Gasteiger partial charge is 0.444 e. The van der Waals surface area contributed by atoms with Crippen LogP contribution in [0.15, 0.2) is 0 Å². The van der Waals surface area contributed by atoms with Gasteiger partial charge in [-0.15, -0.1) is 0 Å². The van der Waals surface area contributed by atoms with Crippen molar-refractivity contribution in [1.82, 2.24) is 5.32 Å². The second kappa shape index (κ2) is 13.7. The van der Waals surface area contributed by atoms with Crippen LogP contribution in [0.25, 0.3) is 0 Å². The highest BCUT2D eigenvalue weighted by Gasteiger charge is 2.66. The Morgan fingerprint density at radius 2 is 1.46 bits per heavy atom. The summed E-state index contributed by atoms with van der Waals surface area (Å²) in [5.41, 5.74) is -1.54. The van der Waals surface area contributed by atoms with Gasteiger partial charge >= 0.3 is 6.09 Å². The zero-order valence-corrected chi connectivity index (χ0v) is 24.4. The van der Waals surface area contributed by atoms with Gasteiger partial charge < -0.3 is 47.9 Å². The Hall–Kier alpha value is -1.14. The fraction of sp³-hybridized carbons (Fsp3) is 0.958. The number of hydrogen-bond acceptors (Lipinski definition) is 13. The standard InChI is InChI=1S/C24H43NO13S/c1-22(2,3)38-21(26)25-17-18-19(36-23(4,5)35-18)24(16-33-20(17)37-24)15-32-12-11-30-8-7-29-9-10-31-13-14-34-39(6,27)28/h17-20H,7-16H2,1-6H3,(H,25,26)/t17-,18-,19-,20+,24+/m1/s1. The van der Waals surface area contributed by atoms with Gasteiger partial charge in [0, 0.05) is 0 Å². The zero-order valence-electron chi connectivity index (χ0n) is 23.6. The van der Waals surface area contributed by atoms with Crippen molar-refractivity contribution in [1.29, 1.82) is 0 Å². The molecule has 0 aromatic rings. The van der Waals surface area contributed by atoms with E-state index in [1.54, 1.807) is 20.8 Å². The van der Waals surface area contributed by atoms with Gasteiger partial charge in [0.05, 0.1) is 72.3 Å². The Morgan fingerprint density at radius 3 is 2.03 bits per heavy atom. The third kappa shape index (κ3) is 10.3. The number of ether oxygens (including phenoxy) is 9. The van der Waals surface area contributed by atoms with Crippen LogP contribution < -0.4 is 5.32 Å². The van der Waals surface area contributed by atoms with E-state index in [2.05, 4.69) is 9.50 Å². The van der Waals surface area contributed by atoms with Crippen molar-refractivity contribution < 1.29 is 60.0 Å². The number of alkyl carbamates (subject to hydrolysis) is 1. The van der Waals surface area contributed by atoms with E-state index in [9.17, 15) is 13.2 Å². The molecule has 0 saturated carbocycles. The molecule has 2 bridgehead atoms. The van der Waals surface area contributed by atoms with Gasteiger partial charge in [0.2, 0.25) is 0 Å². The van der Waals surface area contributed by atoms with Crippen molar-refractivity contribution in [2.45, 2.75) is 76.1 Å². The lowest BCUT2D eigenvalue weighted by Gasteiger charge is -2.42. The Morgan fingerprint density at radius 1 is 0.897 bits per heavy atom. The van der Waals surface area contributed by atoms with E-state index < -0.39 is 57.7 Å². The molecule has 3 rings (SSSR count). The summed E-state index contributed by atoms with van der Waals surface area (Å²) >= 11 is 0. The summed E-state index contributed by atoms with van der Waals surface area (Å²) in [4.78, 5) is 12.5. The predicted octanol–water partition coefficient (Wildman–Crippen LogP) is 0.568. The van der Waals surface area contributed by atoms with Crippen molar-refractivity contribution in [2.24, 2.45) is 0 Å². The molecule has 39 heavy (non-hydrogen) atoms. The van der Waals surface area contributed by atoms with Gasteiger partial charge in [-0.3, -0.25) is 4.18 Å². The van der Waals surface area contributed by atoms with Crippen LogP contribution in [0, 0.1) is 0 Å². The first kappa shape index (κ1) is 32.4. The van der Waals surface area contributed by atoms with Gasteiger partial charge in [-0.25, -0.2) is 4.79 Å². The molecule has 3 aliphatic heterocycles. The molecule has 5 atom stereocenters. The number of rotatable bonds is 16. The second-order valence-corrected chi connectivity index (χ2v) is 12.6. The van der Waals surface area contributed by atoms with E-state index >= 15 is 0 Å². The van der Waals surface area contributed by atoms with Crippen LogP contribution in [0.4, 0.5) is 4.79 Å². The van der Waals surface area contributed by atoms with E-state index in [0.717, 1.165) is 6.26 Å². The van der Waals surface area contributed by atoms with Crippen LogP contribution in [0.3, 0.4) is 0 Å². The van der Waals surface area contributed by atoms with Crippen LogP contribution in [0.5, 0.6) is 0 Å². The Bertz CT molecular complexity index is 893. The van der Waals surface area contributed by atoms with Crippen LogP contribution in [-0.4, -0.2) is 128 Å². The molecule has 0 spiro atoms. The quantitative estimate of drug-likeness (QED) is 0.198. The normalized spacial score (nSPS) is 29.8. The van der Waals surface area contributed by atoms with Crippen LogP contribution in [-0.2, 0) is 56.9 Å². The van der Waals surface area contributed by atoms with Crippen molar-refractivity contribution in [3.63, 3.8) is 0 Å². The highest BCUT2D eigenvalue weighted by atomic mass is 32.2. The summed E-state index contributed by atoms with van der Waals surface area (Å²) in [5, 5.41) is 2.83. The molecule has 228 valence electrons. The maximum absolute atomic E-state index is 12.5. The number of amides is 1. The molecule has 15 heteroatoms. The first-order chi connectivity index (χ1) is 18.2. The van der Waals surface area contributed by atoms with E-state index in [1.807, 2.05) is 13.8 Å². The molecular weight excluding hydrogens is 542 g/mol. The van der Waals surface area contributed by atoms with E-state index in [-0.39, 0.29) is 26.4 Å². The average molecular weight is 586 g/mol. The topological polar surface area (TPSA) is 156 Å². The SMILES string of the molecule is CC(C)(C)OC(=O)N[C@H]1[C@H]2OC[C@](COCCOCCOCCOCCOS(C)(=O)=O)(O2)[C@@H]2OC(C)(C)O[C@H]12. The first-order valence-electron chi connectivity index (χ1n) is 13.0. The van der Waals surface area contributed by atoms with Crippen molar-refractivity contribution in [3.8, 4) is 0 Å². The molecule has 1 amide bonds. The fourth-order valence-corrected chi connectivity index (χ4v) is 4.73. The third-order valence-corrected chi connectivity index (χ3v) is 6.40. The Kier molecular flexibility index (Phi) is 11.4. The maximum atomic E-state index is 12.5. The van der Waals surface area contributed by atoms with E-state index in [0.29, 0.717) is 39.6 Å². The second-order valence-electron chi connectivity index (χ2n) is 11.0. The van der Waals surface area contributed by atoms with Gasteiger partial charge in [0.15, 0.2) is 12.1 Å². The fourth-order valence-electron chi connectivity index (χ4n) is 4.36. The number of carbonyl (C=O) groups is 1. The smallest absolute Gasteiger partial charge is 0.408 e. The highest BCUT2D eigenvalue weighted by molar-refractivity contribution is 7.85. The number of hydrogen-bond donors (Lipinski definition) is 1. The molecule has 0 aromatic carbocycles. The van der Waals surface area contributed by atoms with Gasteiger partial charge in [-0.05, 0) is 34.6 Å². The summed E-state index contributed by atoms with van der Waals surface area (Å²) in [6.45, 7) is 11.6. The minimum atomic E-state index is -3.45. The number of fused-ring (bicyclic) bond motifs is 4. The number of carbonyl (C=O) groups excluding carboxylic acids is 1. The van der Waals surface area contributed by atoms with Crippen molar-refractivity contribution >= 4 is 16.2 Å². The molecule has 0 unspecified atom stereocenters. The minimum absolute atomic E-state index is 0.0249. The van der Waals surface area contributed by atoms with Gasteiger partial charge in [-0.1, -0.05) is 0 Å². The summed E-state index contributed by atoms with van der Waals surface area (Å²) in [6.07, 6.45) is -1.37. The average Bonchev–Trinajstić information content (AvgIpc) is 3.35. The molecule has 3 saturated heterocycles. The maximum Gasteiger partial charge on any atom is 0.408 e. The monoisotopic (exact) mass is 585 g/mol.